The molecular formula is C11H14N4O. The van der Waals surface area contributed by atoms with Crippen molar-refractivity contribution in [2.45, 2.75) is 13.3 Å². The van der Waals surface area contributed by atoms with Crippen LogP contribution in [0.15, 0.2) is 29.4 Å². The van der Waals surface area contributed by atoms with Crippen LogP contribution in [0.25, 0.3) is 10.4 Å². The highest BCUT2D eigenvalue weighted by Crippen LogP contribution is 2.03. The van der Waals surface area contributed by atoms with E-state index in [1.54, 1.807) is 0 Å². The SMILES string of the molecule is Cc1cccc(CCNC(=O)CN=[N+]=[N-])c1. The minimum absolute atomic E-state index is 0.135. The van der Waals surface area contributed by atoms with E-state index in [2.05, 4.69) is 21.4 Å². The van der Waals surface area contributed by atoms with Crippen LogP contribution in [0, 0.1) is 6.92 Å². The van der Waals surface area contributed by atoms with E-state index >= 15 is 0 Å². The summed E-state index contributed by atoms with van der Waals surface area (Å²) < 4.78 is 0. The number of azide groups is 1. The van der Waals surface area contributed by atoms with E-state index in [1.807, 2.05) is 25.1 Å². The molecule has 1 amide bonds. The smallest absolute Gasteiger partial charge is 0.225 e. The maximum atomic E-state index is 11.1. The van der Waals surface area contributed by atoms with E-state index in [1.165, 1.54) is 11.1 Å². The van der Waals surface area contributed by atoms with Gasteiger partial charge in [-0.1, -0.05) is 34.9 Å². The lowest BCUT2D eigenvalue weighted by atomic mass is 10.1. The maximum Gasteiger partial charge on any atom is 0.225 e. The van der Waals surface area contributed by atoms with Gasteiger partial charge in [-0.3, -0.25) is 4.79 Å². The highest BCUT2D eigenvalue weighted by atomic mass is 16.1. The zero-order valence-corrected chi connectivity index (χ0v) is 9.18. The first-order valence-electron chi connectivity index (χ1n) is 5.05. The van der Waals surface area contributed by atoms with Crippen molar-refractivity contribution in [1.29, 1.82) is 0 Å². The lowest BCUT2D eigenvalue weighted by Gasteiger charge is -2.04. The van der Waals surface area contributed by atoms with Gasteiger partial charge in [0.2, 0.25) is 5.91 Å². The fourth-order valence-corrected chi connectivity index (χ4v) is 1.37. The molecule has 0 atom stereocenters. The standard InChI is InChI=1S/C11H14N4O/c1-9-3-2-4-10(7-9)5-6-13-11(16)8-14-15-12/h2-4,7H,5-6,8H2,1H3,(H,13,16). The summed E-state index contributed by atoms with van der Waals surface area (Å²) in [6, 6.07) is 8.13. The molecule has 0 unspecified atom stereocenters. The molecule has 0 saturated carbocycles. The molecule has 0 aliphatic carbocycles. The predicted octanol–water partition coefficient (Wildman–Crippen LogP) is 1.96. The first-order valence-corrected chi connectivity index (χ1v) is 5.05. The van der Waals surface area contributed by atoms with Crippen LogP contribution >= 0.6 is 0 Å². The van der Waals surface area contributed by atoms with Crippen LogP contribution in [0.1, 0.15) is 11.1 Å². The van der Waals surface area contributed by atoms with Gasteiger partial charge in [0.1, 0.15) is 6.54 Å². The molecule has 1 aromatic rings. The molecule has 1 N–H and O–H groups in total. The second kappa shape index (κ2) is 6.48. The van der Waals surface area contributed by atoms with Crippen molar-refractivity contribution < 1.29 is 4.79 Å². The van der Waals surface area contributed by atoms with Gasteiger partial charge in [0.25, 0.3) is 0 Å². The summed E-state index contributed by atoms with van der Waals surface area (Å²) in [7, 11) is 0. The number of hydrogen-bond acceptors (Lipinski definition) is 2. The van der Waals surface area contributed by atoms with Crippen LogP contribution in [0.3, 0.4) is 0 Å². The average molecular weight is 218 g/mol. The Morgan fingerprint density at radius 2 is 2.38 bits per heavy atom. The lowest BCUT2D eigenvalue weighted by Crippen LogP contribution is -2.27. The molecule has 0 aromatic heterocycles. The van der Waals surface area contributed by atoms with Crippen molar-refractivity contribution in [3.8, 4) is 0 Å². The van der Waals surface area contributed by atoms with Crippen molar-refractivity contribution >= 4 is 5.91 Å². The van der Waals surface area contributed by atoms with Gasteiger partial charge in [-0.25, -0.2) is 0 Å². The molecule has 0 radical (unpaired) electrons. The van der Waals surface area contributed by atoms with Crippen molar-refractivity contribution in [1.82, 2.24) is 5.32 Å². The number of hydrogen-bond donors (Lipinski definition) is 1. The van der Waals surface area contributed by atoms with Crippen molar-refractivity contribution in [2.75, 3.05) is 13.1 Å². The summed E-state index contributed by atoms with van der Waals surface area (Å²) in [4.78, 5) is 13.6. The largest absolute Gasteiger partial charge is 0.356 e. The summed E-state index contributed by atoms with van der Waals surface area (Å²) in [5.74, 6) is -0.245. The van der Waals surface area contributed by atoms with Crippen LogP contribution in [-0.2, 0) is 11.2 Å². The molecule has 0 fully saturated rings. The highest BCUT2D eigenvalue weighted by Gasteiger charge is 1.98. The van der Waals surface area contributed by atoms with Gasteiger partial charge in [0, 0.05) is 11.5 Å². The number of rotatable bonds is 5. The second-order valence-corrected chi connectivity index (χ2v) is 3.48. The summed E-state index contributed by atoms with van der Waals surface area (Å²) in [5.41, 5.74) is 10.4. The van der Waals surface area contributed by atoms with Crippen LogP contribution < -0.4 is 5.32 Å². The van der Waals surface area contributed by atoms with Gasteiger partial charge in [-0.2, -0.15) is 0 Å². The van der Waals surface area contributed by atoms with Gasteiger partial charge >= 0.3 is 0 Å². The number of benzene rings is 1. The Balaban J connectivity index is 2.30. The van der Waals surface area contributed by atoms with Crippen molar-refractivity contribution in [2.24, 2.45) is 5.11 Å². The van der Waals surface area contributed by atoms with Crippen LogP contribution in [0.5, 0.6) is 0 Å². The zero-order chi connectivity index (χ0) is 11.8. The minimum atomic E-state index is -0.245. The first-order chi connectivity index (χ1) is 7.72. The molecule has 1 rings (SSSR count). The van der Waals surface area contributed by atoms with Gasteiger partial charge in [0.15, 0.2) is 0 Å². The third-order valence-corrected chi connectivity index (χ3v) is 2.10. The topological polar surface area (TPSA) is 77.9 Å². The van der Waals surface area contributed by atoms with Crippen molar-refractivity contribution in [3.63, 3.8) is 0 Å². The predicted molar refractivity (Wildman–Crippen MR) is 61.9 cm³/mol. The van der Waals surface area contributed by atoms with Crippen LogP contribution in [-0.4, -0.2) is 19.0 Å². The number of aryl methyl sites for hydroxylation is 1. The molecule has 0 aliphatic rings. The fraction of sp³-hybridized carbons (Fsp3) is 0.364. The Morgan fingerprint density at radius 3 is 3.06 bits per heavy atom. The molecular weight excluding hydrogens is 204 g/mol. The summed E-state index contributed by atoms with van der Waals surface area (Å²) in [6.07, 6.45) is 0.781. The maximum absolute atomic E-state index is 11.1. The Kier molecular flexibility index (Phi) is 4.89. The minimum Gasteiger partial charge on any atom is -0.356 e. The summed E-state index contributed by atoms with van der Waals surface area (Å²) in [6.45, 7) is 2.46. The summed E-state index contributed by atoms with van der Waals surface area (Å²) >= 11 is 0. The third-order valence-electron chi connectivity index (χ3n) is 2.10. The van der Waals surface area contributed by atoms with Crippen LogP contribution in [0.4, 0.5) is 0 Å². The van der Waals surface area contributed by atoms with E-state index in [9.17, 15) is 4.79 Å². The van der Waals surface area contributed by atoms with Crippen LogP contribution in [0.2, 0.25) is 0 Å². The molecule has 1 aromatic carbocycles. The molecule has 84 valence electrons. The van der Waals surface area contributed by atoms with Gasteiger partial charge in [-0.15, -0.1) is 0 Å². The normalized spacial score (nSPS) is 9.31. The number of carbonyl (C=O) groups excluding carboxylic acids is 1. The Hall–Kier alpha value is -2.00. The Morgan fingerprint density at radius 1 is 1.56 bits per heavy atom. The number of nitrogens with zero attached hydrogens (tertiary/aromatic N) is 3. The second-order valence-electron chi connectivity index (χ2n) is 3.48. The summed E-state index contributed by atoms with van der Waals surface area (Å²) in [5, 5.41) is 5.86. The van der Waals surface area contributed by atoms with E-state index in [0.717, 1.165) is 6.42 Å². The third kappa shape index (κ3) is 4.48. The van der Waals surface area contributed by atoms with Gasteiger partial charge in [0.05, 0.1) is 0 Å². The number of amides is 1. The molecule has 16 heavy (non-hydrogen) atoms. The lowest BCUT2D eigenvalue weighted by molar-refractivity contribution is -0.119. The van der Waals surface area contributed by atoms with Crippen molar-refractivity contribution in [3.05, 3.63) is 45.8 Å². The molecule has 0 heterocycles. The molecule has 0 saturated heterocycles. The van der Waals surface area contributed by atoms with E-state index in [4.69, 9.17) is 5.53 Å². The molecule has 5 nitrogen and oxygen atoms in total. The highest BCUT2D eigenvalue weighted by molar-refractivity contribution is 5.78. The first kappa shape index (κ1) is 12.1. The van der Waals surface area contributed by atoms with E-state index < -0.39 is 0 Å². The average Bonchev–Trinajstić information content (AvgIpc) is 2.26. The number of carbonyl (C=O) groups is 1. The molecule has 0 bridgehead atoms. The molecule has 0 spiro atoms. The van der Waals surface area contributed by atoms with Gasteiger partial charge < -0.3 is 5.32 Å². The van der Waals surface area contributed by atoms with E-state index in [0.29, 0.717) is 6.54 Å². The fourth-order valence-electron chi connectivity index (χ4n) is 1.37. The quantitative estimate of drug-likeness (QED) is 0.457. The van der Waals surface area contributed by atoms with Gasteiger partial charge in [-0.05, 0) is 24.4 Å². The monoisotopic (exact) mass is 218 g/mol. The Bertz CT molecular complexity index is 410. The zero-order valence-electron chi connectivity index (χ0n) is 9.18. The number of nitrogens with one attached hydrogen (secondary N) is 1. The Labute approximate surface area is 94.1 Å². The van der Waals surface area contributed by atoms with E-state index in [-0.39, 0.29) is 12.5 Å². The molecule has 0 aliphatic heterocycles. The molecule has 5 heteroatoms.